The van der Waals surface area contributed by atoms with Crippen molar-refractivity contribution in [3.05, 3.63) is 70.5 Å². The van der Waals surface area contributed by atoms with Gasteiger partial charge in [-0.3, -0.25) is 0 Å². The van der Waals surface area contributed by atoms with Crippen molar-refractivity contribution < 1.29 is 85.1 Å². The fourth-order valence-electron chi connectivity index (χ4n) is 2.86. The SMILES string of the molecule is O=S(=O)([O-])/C=C/c1c2ccccc2c(/C=C/S(=O)(=O)[O-])c2ccccc12.[Na+].[Na+]. The summed E-state index contributed by atoms with van der Waals surface area (Å²) in [7, 11) is -9.13. The van der Waals surface area contributed by atoms with E-state index in [0.29, 0.717) is 43.5 Å². The van der Waals surface area contributed by atoms with Gasteiger partial charge in [-0.1, -0.05) is 48.5 Å². The topological polar surface area (TPSA) is 114 Å². The van der Waals surface area contributed by atoms with Gasteiger partial charge in [-0.05, 0) is 44.8 Å². The van der Waals surface area contributed by atoms with Crippen LogP contribution in [0.25, 0.3) is 33.7 Å². The van der Waals surface area contributed by atoms with Crippen LogP contribution in [0.4, 0.5) is 0 Å². The summed E-state index contributed by atoms with van der Waals surface area (Å²) in [6.07, 6.45) is 2.45. The number of hydrogen-bond acceptors (Lipinski definition) is 6. The maximum Gasteiger partial charge on any atom is 1.00 e. The molecule has 0 heterocycles. The smallest absolute Gasteiger partial charge is 0.744 e. The molecule has 0 aliphatic heterocycles. The summed E-state index contributed by atoms with van der Waals surface area (Å²) < 4.78 is 66.0. The standard InChI is InChI=1S/C18H14O6S2.2Na/c19-25(20,21)11-9-17-13-5-1-2-6-14(13)18(10-12-26(22,23)24)16-8-4-3-7-15(16)17;;/h1-12H,(H,19,20,21)(H,22,23,24);;/q;2*+1/p-2/b11-9+,12-10+;;. The summed E-state index contributed by atoms with van der Waals surface area (Å²) in [4.78, 5) is 0. The third kappa shape index (κ3) is 6.24. The van der Waals surface area contributed by atoms with E-state index in [-0.39, 0.29) is 59.1 Å². The third-order valence-electron chi connectivity index (χ3n) is 3.82. The van der Waals surface area contributed by atoms with E-state index in [4.69, 9.17) is 0 Å². The van der Waals surface area contributed by atoms with Gasteiger partial charge in [-0.25, -0.2) is 16.8 Å². The maximum absolute atomic E-state index is 11.0. The minimum absolute atomic E-state index is 0. The number of rotatable bonds is 4. The monoisotopic (exact) mass is 434 g/mol. The van der Waals surface area contributed by atoms with Gasteiger partial charge in [0.2, 0.25) is 0 Å². The van der Waals surface area contributed by atoms with Crippen molar-refractivity contribution in [3.8, 4) is 0 Å². The second kappa shape index (κ2) is 9.99. The average molecular weight is 434 g/mol. The predicted octanol–water partition coefficient (Wildman–Crippen LogP) is -2.97. The zero-order valence-electron chi connectivity index (χ0n) is 15.2. The molecule has 3 rings (SSSR count). The Kier molecular flexibility index (Phi) is 9.11. The molecule has 0 fully saturated rings. The summed E-state index contributed by atoms with van der Waals surface area (Å²) in [5, 5.41) is 3.64. The van der Waals surface area contributed by atoms with E-state index in [9.17, 15) is 25.9 Å². The molecule has 0 unspecified atom stereocenters. The van der Waals surface area contributed by atoms with Crippen LogP contribution < -0.4 is 59.1 Å². The first kappa shape index (κ1) is 25.5. The Morgan fingerprint density at radius 1 is 0.571 bits per heavy atom. The van der Waals surface area contributed by atoms with Gasteiger partial charge in [-0.2, -0.15) is 0 Å². The predicted molar refractivity (Wildman–Crippen MR) is 98.9 cm³/mol. The van der Waals surface area contributed by atoms with E-state index in [1.165, 1.54) is 12.2 Å². The molecule has 0 aliphatic rings. The Morgan fingerprint density at radius 3 is 1.04 bits per heavy atom. The van der Waals surface area contributed by atoms with E-state index in [1.807, 2.05) is 0 Å². The Morgan fingerprint density at radius 2 is 0.821 bits per heavy atom. The van der Waals surface area contributed by atoms with E-state index in [1.54, 1.807) is 48.5 Å². The van der Waals surface area contributed by atoms with E-state index in [0.717, 1.165) is 0 Å². The van der Waals surface area contributed by atoms with Gasteiger partial charge in [0.15, 0.2) is 0 Å². The first-order valence-electron chi connectivity index (χ1n) is 7.37. The molecule has 0 aromatic heterocycles. The Balaban J connectivity index is 0.00000196. The molecule has 0 N–H and O–H groups in total. The molecule has 0 atom stereocenters. The number of fused-ring (bicyclic) bond motifs is 2. The maximum atomic E-state index is 11.0. The summed E-state index contributed by atoms with van der Waals surface area (Å²) in [5.41, 5.74) is 1.02. The Bertz CT molecular complexity index is 1120. The second-order valence-electron chi connectivity index (χ2n) is 5.51. The quantitative estimate of drug-likeness (QED) is 0.246. The molecule has 0 amide bonds. The van der Waals surface area contributed by atoms with E-state index < -0.39 is 20.2 Å². The van der Waals surface area contributed by atoms with E-state index in [2.05, 4.69) is 0 Å². The van der Waals surface area contributed by atoms with Gasteiger partial charge in [0, 0.05) is 10.8 Å². The normalized spacial score (nSPS) is 12.4. The first-order valence-corrected chi connectivity index (χ1v) is 10.3. The van der Waals surface area contributed by atoms with Gasteiger partial charge in [0.05, 0.1) is 0 Å². The molecular formula is C18H12Na2O6S2. The molecule has 6 nitrogen and oxygen atoms in total. The number of hydrogen-bond donors (Lipinski definition) is 0. The molecule has 28 heavy (non-hydrogen) atoms. The van der Waals surface area contributed by atoms with Crippen LogP contribution in [0.2, 0.25) is 0 Å². The van der Waals surface area contributed by atoms with Crippen LogP contribution in [-0.2, 0) is 20.2 Å². The zero-order valence-corrected chi connectivity index (χ0v) is 20.8. The summed E-state index contributed by atoms with van der Waals surface area (Å²) in [6, 6.07) is 13.8. The summed E-state index contributed by atoms with van der Waals surface area (Å²) in [6.45, 7) is 0. The van der Waals surface area contributed by atoms with Crippen molar-refractivity contribution in [2.45, 2.75) is 0 Å². The van der Waals surface area contributed by atoms with Crippen LogP contribution in [-0.4, -0.2) is 25.9 Å². The Hall–Kier alpha value is -0.520. The van der Waals surface area contributed by atoms with Crippen molar-refractivity contribution in [3.63, 3.8) is 0 Å². The molecule has 0 saturated heterocycles. The molecule has 10 heteroatoms. The van der Waals surface area contributed by atoms with Crippen LogP contribution in [0.15, 0.2) is 59.3 Å². The fraction of sp³-hybridized carbons (Fsp3) is 0. The van der Waals surface area contributed by atoms with Crippen molar-refractivity contribution in [1.29, 1.82) is 0 Å². The molecule has 3 aromatic rings. The van der Waals surface area contributed by atoms with Gasteiger partial charge in [0.1, 0.15) is 20.2 Å². The van der Waals surface area contributed by atoms with Crippen molar-refractivity contribution >= 4 is 53.9 Å². The molecule has 0 saturated carbocycles. The van der Waals surface area contributed by atoms with Crippen LogP contribution in [0.1, 0.15) is 11.1 Å². The summed E-state index contributed by atoms with van der Waals surface area (Å²) >= 11 is 0. The molecule has 134 valence electrons. The Labute approximate surface area is 207 Å². The van der Waals surface area contributed by atoms with Crippen LogP contribution in [0.3, 0.4) is 0 Å². The molecular weight excluding hydrogens is 422 g/mol. The van der Waals surface area contributed by atoms with Gasteiger partial charge in [0.25, 0.3) is 0 Å². The van der Waals surface area contributed by atoms with Crippen LogP contribution in [0, 0.1) is 0 Å². The molecule has 0 radical (unpaired) electrons. The van der Waals surface area contributed by atoms with Gasteiger partial charge in [-0.15, -0.1) is 0 Å². The van der Waals surface area contributed by atoms with Crippen molar-refractivity contribution in [2.75, 3.05) is 0 Å². The molecule has 0 bridgehead atoms. The van der Waals surface area contributed by atoms with E-state index >= 15 is 0 Å². The largest absolute Gasteiger partial charge is 1.00 e. The zero-order chi connectivity index (χ0) is 18.9. The third-order valence-corrected chi connectivity index (χ3v) is 4.76. The summed E-state index contributed by atoms with van der Waals surface area (Å²) in [5.74, 6) is 0. The minimum Gasteiger partial charge on any atom is -0.744 e. The fourth-order valence-corrected chi connectivity index (χ4v) is 3.46. The number of benzene rings is 3. The second-order valence-corrected chi connectivity index (χ2v) is 8.03. The van der Waals surface area contributed by atoms with Gasteiger partial charge >= 0.3 is 59.1 Å². The van der Waals surface area contributed by atoms with Crippen molar-refractivity contribution in [2.24, 2.45) is 0 Å². The van der Waals surface area contributed by atoms with Crippen LogP contribution in [0.5, 0.6) is 0 Å². The minimum atomic E-state index is -4.56. The van der Waals surface area contributed by atoms with Gasteiger partial charge < -0.3 is 9.11 Å². The average Bonchev–Trinajstić information content (AvgIpc) is 2.56. The molecule has 3 aromatic carbocycles. The van der Waals surface area contributed by atoms with Crippen molar-refractivity contribution in [1.82, 2.24) is 0 Å². The molecule has 0 spiro atoms. The van der Waals surface area contributed by atoms with Crippen LogP contribution >= 0.6 is 0 Å². The molecule has 0 aliphatic carbocycles. The first-order chi connectivity index (χ1) is 12.2.